The second-order valence-electron chi connectivity index (χ2n) is 4.75. The summed E-state index contributed by atoms with van der Waals surface area (Å²) in [6, 6.07) is 6.14. The van der Waals surface area contributed by atoms with Gasteiger partial charge in [-0.1, -0.05) is 12.1 Å². The Balaban J connectivity index is 2.19. The molecule has 0 atom stereocenters. The molecule has 1 aromatic carbocycles. The molecule has 5 nitrogen and oxygen atoms in total. The summed E-state index contributed by atoms with van der Waals surface area (Å²) >= 11 is 0. The lowest BCUT2D eigenvalue weighted by molar-refractivity contribution is -0.0514. The van der Waals surface area contributed by atoms with Gasteiger partial charge in [-0.3, -0.25) is 9.48 Å². The summed E-state index contributed by atoms with van der Waals surface area (Å²) in [7, 11) is 0. The van der Waals surface area contributed by atoms with Gasteiger partial charge < -0.3 is 9.47 Å². The van der Waals surface area contributed by atoms with Crippen molar-refractivity contribution in [3.05, 3.63) is 47.8 Å². The van der Waals surface area contributed by atoms with E-state index >= 15 is 0 Å². The Morgan fingerprint density at radius 3 is 2.75 bits per heavy atom. The molecule has 0 bridgehead atoms. The highest BCUT2D eigenvalue weighted by Gasteiger charge is 2.11. The van der Waals surface area contributed by atoms with Crippen LogP contribution in [0.4, 0.5) is 8.78 Å². The molecule has 0 saturated carbocycles. The van der Waals surface area contributed by atoms with Gasteiger partial charge in [0.25, 0.3) is 0 Å². The number of benzene rings is 1. The van der Waals surface area contributed by atoms with Crippen molar-refractivity contribution >= 4 is 11.9 Å². The molecule has 24 heavy (non-hydrogen) atoms. The average molecular weight is 336 g/mol. The fourth-order valence-electron chi connectivity index (χ4n) is 2.14. The number of aryl methyl sites for hydroxylation is 1. The van der Waals surface area contributed by atoms with E-state index in [4.69, 9.17) is 4.74 Å². The minimum absolute atomic E-state index is 0.0422. The first kappa shape index (κ1) is 17.7. The Hall–Kier alpha value is -2.70. The molecule has 0 unspecified atom stereocenters. The molecule has 0 saturated heterocycles. The summed E-state index contributed by atoms with van der Waals surface area (Å²) in [6.45, 7) is 1.60. The molecular weight excluding hydrogens is 318 g/mol. The number of carbonyl (C=O) groups excluding carboxylic acids is 1. The highest BCUT2D eigenvalue weighted by molar-refractivity contribution is 6.05. The molecule has 2 aromatic rings. The van der Waals surface area contributed by atoms with Gasteiger partial charge in [0.1, 0.15) is 5.69 Å². The fourth-order valence-corrected chi connectivity index (χ4v) is 2.14. The lowest BCUT2D eigenvalue weighted by atomic mass is 10.1. The summed E-state index contributed by atoms with van der Waals surface area (Å²) in [5, 5.41) is 4.04. The van der Waals surface area contributed by atoms with Crippen LogP contribution in [0.25, 0.3) is 6.08 Å². The van der Waals surface area contributed by atoms with Gasteiger partial charge in [-0.15, -0.1) is 0 Å². The topological polar surface area (TPSA) is 53.3 Å². The third-order valence-electron chi connectivity index (χ3n) is 3.18. The van der Waals surface area contributed by atoms with Crippen molar-refractivity contribution < 1.29 is 23.0 Å². The Morgan fingerprint density at radius 2 is 2.08 bits per heavy atom. The van der Waals surface area contributed by atoms with E-state index in [1.165, 1.54) is 12.1 Å². The smallest absolute Gasteiger partial charge is 0.387 e. The number of hydrogen-bond acceptors (Lipinski definition) is 4. The van der Waals surface area contributed by atoms with Crippen molar-refractivity contribution in [1.82, 2.24) is 9.78 Å². The Kier molecular flexibility index (Phi) is 6.06. The van der Waals surface area contributed by atoms with E-state index in [-0.39, 0.29) is 17.3 Å². The van der Waals surface area contributed by atoms with E-state index in [9.17, 15) is 13.6 Å². The van der Waals surface area contributed by atoms with Gasteiger partial charge in [-0.2, -0.15) is 13.9 Å². The monoisotopic (exact) mass is 336 g/mol. The molecule has 1 aromatic heterocycles. The van der Waals surface area contributed by atoms with Crippen LogP contribution in [0.1, 0.15) is 29.9 Å². The molecule has 0 N–H and O–H groups in total. The van der Waals surface area contributed by atoms with Crippen molar-refractivity contribution in [1.29, 1.82) is 0 Å². The van der Waals surface area contributed by atoms with Crippen molar-refractivity contribution in [2.24, 2.45) is 0 Å². The van der Waals surface area contributed by atoms with E-state index < -0.39 is 6.61 Å². The summed E-state index contributed by atoms with van der Waals surface area (Å²) in [5.74, 6) is -0.0365. The van der Waals surface area contributed by atoms with Gasteiger partial charge in [0.05, 0.1) is 6.61 Å². The van der Waals surface area contributed by atoms with Crippen LogP contribution in [0, 0.1) is 0 Å². The third kappa shape index (κ3) is 4.41. The molecule has 7 heteroatoms. The number of halogens is 2. The lowest BCUT2D eigenvalue weighted by Gasteiger charge is -2.11. The van der Waals surface area contributed by atoms with Crippen LogP contribution in [0.5, 0.6) is 11.5 Å². The minimum Gasteiger partial charge on any atom is -0.490 e. The summed E-state index contributed by atoms with van der Waals surface area (Å²) in [4.78, 5) is 12.2. The van der Waals surface area contributed by atoms with Crippen LogP contribution in [0.15, 0.2) is 36.5 Å². The number of rotatable bonds is 8. The number of alkyl halides is 2. The lowest BCUT2D eigenvalue weighted by Crippen LogP contribution is -2.07. The number of hydrogen-bond donors (Lipinski definition) is 0. The molecule has 0 aliphatic carbocycles. The molecule has 0 amide bonds. The van der Waals surface area contributed by atoms with Gasteiger partial charge >= 0.3 is 6.61 Å². The molecule has 0 fully saturated rings. The number of allylic oxidation sites excluding steroid dienone is 1. The van der Waals surface area contributed by atoms with E-state index in [0.29, 0.717) is 24.4 Å². The van der Waals surface area contributed by atoms with Gasteiger partial charge in [-0.05, 0) is 43.7 Å². The Bertz CT molecular complexity index is 726. The Labute approximate surface area is 138 Å². The zero-order chi connectivity index (χ0) is 17.5. The summed E-state index contributed by atoms with van der Waals surface area (Å²) < 4.78 is 36.1. The van der Waals surface area contributed by atoms with Gasteiger partial charge in [0.15, 0.2) is 11.5 Å². The predicted molar refractivity (Wildman–Crippen MR) is 85.5 cm³/mol. The van der Waals surface area contributed by atoms with Crippen LogP contribution in [-0.4, -0.2) is 28.8 Å². The van der Waals surface area contributed by atoms with Crippen LogP contribution >= 0.6 is 0 Å². The van der Waals surface area contributed by atoms with E-state index in [1.807, 2.05) is 6.92 Å². The summed E-state index contributed by atoms with van der Waals surface area (Å²) in [5.41, 5.74) is 1.12. The number of aromatic nitrogens is 2. The Morgan fingerprint density at radius 1 is 1.29 bits per heavy atom. The van der Waals surface area contributed by atoms with Crippen LogP contribution in [0.2, 0.25) is 0 Å². The quantitative estimate of drug-likeness (QED) is 0.543. The van der Waals surface area contributed by atoms with Crippen molar-refractivity contribution in [3.8, 4) is 11.5 Å². The zero-order valence-corrected chi connectivity index (χ0v) is 13.4. The van der Waals surface area contributed by atoms with E-state index in [1.54, 1.807) is 42.1 Å². The minimum atomic E-state index is -2.93. The standard InChI is InChI=1S/C17H18F2N2O3/c1-3-21-13(9-10-20-21)14(22)7-5-12-6-8-15(24-17(18)19)16(11-12)23-4-2/h5-11,17H,3-4H2,1-2H3/b7-5+. The highest BCUT2D eigenvalue weighted by atomic mass is 19.3. The van der Waals surface area contributed by atoms with Gasteiger partial charge in [0.2, 0.25) is 5.78 Å². The molecule has 128 valence electrons. The first-order chi connectivity index (χ1) is 11.5. The number of ketones is 1. The maximum Gasteiger partial charge on any atom is 0.387 e. The maximum absolute atomic E-state index is 12.4. The number of ether oxygens (including phenoxy) is 2. The largest absolute Gasteiger partial charge is 0.490 e. The molecule has 0 spiro atoms. The first-order valence-corrected chi connectivity index (χ1v) is 7.51. The molecule has 0 radical (unpaired) electrons. The second kappa shape index (κ2) is 8.24. The zero-order valence-electron chi connectivity index (χ0n) is 13.4. The van der Waals surface area contributed by atoms with Crippen molar-refractivity contribution in [3.63, 3.8) is 0 Å². The second-order valence-corrected chi connectivity index (χ2v) is 4.75. The van der Waals surface area contributed by atoms with Crippen LogP contribution in [0.3, 0.4) is 0 Å². The summed E-state index contributed by atoms with van der Waals surface area (Å²) in [6.07, 6.45) is 4.56. The van der Waals surface area contributed by atoms with Crippen molar-refractivity contribution in [2.75, 3.05) is 6.61 Å². The van der Waals surface area contributed by atoms with Crippen molar-refractivity contribution in [2.45, 2.75) is 27.0 Å². The highest BCUT2D eigenvalue weighted by Crippen LogP contribution is 2.30. The molecule has 0 aliphatic rings. The maximum atomic E-state index is 12.4. The van der Waals surface area contributed by atoms with Crippen LogP contribution < -0.4 is 9.47 Å². The van der Waals surface area contributed by atoms with Gasteiger partial charge in [-0.25, -0.2) is 0 Å². The molecule has 0 aliphatic heterocycles. The molecule has 1 heterocycles. The molecule has 2 rings (SSSR count). The number of carbonyl (C=O) groups is 1. The first-order valence-electron chi connectivity index (χ1n) is 7.51. The van der Waals surface area contributed by atoms with Crippen LogP contribution in [-0.2, 0) is 6.54 Å². The van der Waals surface area contributed by atoms with Gasteiger partial charge in [0, 0.05) is 12.7 Å². The predicted octanol–water partition coefficient (Wildman–Crippen LogP) is 3.80. The fraction of sp³-hybridized carbons (Fsp3) is 0.294. The van der Waals surface area contributed by atoms with E-state index in [2.05, 4.69) is 9.84 Å². The molecular formula is C17H18F2N2O3. The SMILES string of the molecule is CCOc1cc(/C=C/C(=O)c2ccnn2CC)ccc1OC(F)F. The average Bonchev–Trinajstić information content (AvgIpc) is 3.03. The number of nitrogens with zero attached hydrogens (tertiary/aromatic N) is 2. The third-order valence-corrected chi connectivity index (χ3v) is 3.18. The normalized spacial score (nSPS) is 11.2. The van der Waals surface area contributed by atoms with E-state index in [0.717, 1.165) is 0 Å².